The van der Waals surface area contributed by atoms with Gasteiger partial charge in [-0.25, -0.2) is 8.42 Å². The van der Waals surface area contributed by atoms with E-state index in [9.17, 15) is 13.2 Å². The highest BCUT2D eigenvalue weighted by atomic mass is 32.2. The normalized spacial score (nSPS) is 24.4. The van der Waals surface area contributed by atoms with E-state index < -0.39 is 27.5 Å². The van der Waals surface area contributed by atoms with Crippen LogP contribution in [0.2, 0.25) is 0 Å². The van der Waals surface area contributed by atoms with Gasteiger partial charge in [-0.15, -0.1) is 0 Å². The lowest BCUT2D eigenvalue weighted by molar-refractivity contribution is -0.126. The lowest BCUT2D eigenvalue weighted by Crippen LogP contribution is -2.61. The molecule has 1 fully saturated rings. The van der Waals surface area contributed by atoms with Crippen molar-refractivity contribution in [3.8, 4) is 0 Å². The third-order valence-electron chi connectivity index (χ3n) is 2.48. The highest BCUT2D eigenvalue weighted by molar-refractivity contribution is 7.94. The molecule has 0 saturated carbocycles. The summed E-state index contributed by atoms with van der Waals surface area (Å²) < 4.78 is 26.3. The van der Waals surface area contributed by atoms with Gasteiger partial charge in [-0.05, 0) is 12.1 Å². The predicted octanol–water partition coefficient (Wildman–Crippen LogP) is -1.21. The SMILES string of the molecule is O=C1NC(O)NCC1S(=O)(=O)Nc1ccccc1. The van der Waals surface area contributed by atoms with Crippen molar-refractivity contribution in [3.63, 3.8) is 0 Å². The highest BCUT2D eigenvalue weighted by Crippen LogP contribution is 2.12. The molecule has 7 nitrogen and oxygen atoms in total. The Kier molecular flexibility index (Phi) is 3.50. The minimum atomic E-state index is -3.84. The van der Waals surface area contributed by atoms with Crippen LogP contribution in [0.4, 0.5) is 5.69 Å². The Bertz CT molecular complexity index is 531. The van der Waals surface area contributed by atoms with Gasteiger partial charge in [0.25, 0.3) is 0 Å². The summed E-state index contributed by atoms with van der Waals surface area (Å²) in [6.07, 6.45) is -1.21. The third-order valence-corrected chi connectivity index (χ3v) is 4.13. The number of aliphatic hydroxyl groups is 1. The summed E-state index contributed by atoms with van der Waals surface area (Å²) >= 11 is 0. The number of hydrogen-bond donors (Lipinski definition) is 4. The van der Waals surface area contributed by atoms with E-state index in [-0.39, 0.29) is 6.54 Å². The van der Waals surface area contributed by atoms with Gasteiger partial charge in [-0.1, -0.05) is 18.2 Å². The van der Waals surface area contributed by atoms with Gasteiger partial charge < -0.3 is 10.4 Å². The van der Waals surface area contributed by atoms with Crippen LogP contribution < -0.4 is 15.4 Å². The van der Waals surface area contributed by atoms with Crippen LogP contribution in [0, 0.1) is 0 Å². The molecule has 18 heavy (non-hydrogen) atoms. The summed E-state index contributed by atoms with van der Waals surface area (Å²) in [6.45, 7) is -0.144. The number of carbonyl (C=O) groups is 1. The molecular weight excluding hydrogens is 258 g/mol. The second kappa shape index (κ2) is 4.92. The van der Waals surface area contributed by atoms with Crippen molar-refractivity contribution in [2.75, 3.05) is 11.3 Å². The monoisotopic (exact) mass is 271 g/mol. The Morgan fingerprint density at radius 3 is 2.56 bits per heavy atom. The van der Waals surface area contributed by atoms with Crippen molar-refractivity contribution in [1.82, 2.24) is 10.6 Å². The van der Waals surface area contributed by atoms with Crippen LogP contribution in [-0.2, 0) is 14.8 Å². The molecule has 1 amide bonds. The first kappa shape index (κ1) is 12.8. The Morgan fingerprint density at radius 1 is 1.28 bits per heavy atom. The molecule has 0 spiro atoms. The number of hydrogen-bond acceptors (Lipinski definition) is 5. The average Bonchev–Trinajstić information content (AvgIpc) is 2.29. The summed E-state index contributed by atoms with van der Waals surface area (Å²) in [5, 5.41) is 12.4. The highest BCUT2D eigenvalue weighted by Gasteiger charge is 2.36. The summed E-state index contributed by atoms with van der Waals surface area (Å²) in [5.41, 5.74) is 0.386. The molecule has 1 aromatic rings. The minimum Gasteiger partial charge on any atom is -0.361 e. The van der Waals surface area contributed by atoms with E-state index in [1.807, 2.05) is 0 Å². The van der Waals surface area contributed by atoms with Gasteiger partial charge in [0.2, 0.25) is 15.9 Å². The smallest absolute Gasteiger partial charge is 0.246 e. The fourth-order valence-electron chi connectivity index (χ4n) is 1.58. The Labute approximate surface area is 104 Å². The van der Waals surface area contributed by atoms with E-state index in [0.29, 0.717) is 5.69 Å². The molecule has 2 unspecified atom stereocenters. The van der Waals surface area contributed by atoms with E-state index in [1.165, 1.54) is 0 Å². The van der Waals surface area contributed by atoms with Crippen molar-refractivity contribution in [3.05, 3.63) is 30.3 Å². The molecule has 1 aromatic carbocycles. The van der Waals surface area contributed by atoms with E-state index in [0.717, 1.165) is 0 Å². The second-order valence-corrected chi connectivity index (χ2v) is 5.68. The van der Waals surface area contributed by atoms with Crippen LogP contribution >= 0.6 is 0 Å². The minimum absolute atomic E-state index is 0.144. The van der Waals surface area contributed by atoms with Gasteiger partial charge in [0.1, 0.15) is 0 Å². The molecule has 0 aromatic heterocycles. The molecule has 0 aliphatic carbocycles. The molecule has 1 heterocycles. The number of carbonyl (C=O) groups excluding carboxylic acids is 1. The van der Waals surface area contributed by atoms with E-state index in [2.05, 4.69) is 15.4 Å². The van der Waals surface area contributed by atoms with Gasteiger partial charge in [0.15, 0.2) is 11.6 Å². The molecule has 8 heteroatoms. The second-order valence-electron chi connectivity index (χ2n) is 3.82. The summed E-state index contributed by atoms with van der Waals surface area (Å²) in [7, 11) is -3.84. The van der Waals surface area contributed by atoms with Gasteiger partial charge in [-0.3, -0.25) is 14.8 Å². The Morgan fingerprint density at radius 2 is 1.94 bits per heavy atom. The number of benzene rings is 1. The maximum absolute atomic E-state index is 12.0. The van der Waals surface area contributed by atoms with Gasteiger partial charge in [0, 0.05) is 12.2 Å². The summed E-state index contributed by atoms with van der Waals surface area (Å²) in [5.74, 6) is -0.732. The van der Waals surface area contributed by atoms with Crippen molar-refractivity contribution >= 4 is 21.6 Å². The first-order valence-electron chi connectivity index (χ1n) is 5.27. The predicted molar refractivity (Wildman–Crippen MR) is 64.9 cm³/mol. The largest absolute Gasteiger partial charge is 0.361 e. The number of sulfonamides is 1. The zero-order valence-corrected chi connectivity index (χ0v) is 10.1. The molecule has 4 N–H and O–H groups in total. The molecule has 2 atom stereocenters. The number of amides is 1. The fraction of sp³-hybridized carbons (Fsp3) is 0.300. The third kappa shape index (κ3) is 2.78. The maximum atomic E-state index is 12.0. The van der Waals surface area contributed by atoms with E-state index >= 15 is 0 Å². The number of aliphatic hydroxyl groups excluding tert-OH is 1. The quantitative estimate of drug-likeness (QED) is 0.552. The van der Waals surface area contributed by atoms with Crippen LogP contribution in [0.5, 0.6) is 0 Å². The lowest BCUT2D eigenvalue weighted by Gasteiger charge is -2.27. The first-order valence-corrected chi connectivity index (χ1v) is 6.82. The van der Waals surface area contributed by atoms with Crippen molar-refractivity contribution in [2.45, 2.75) is 11.6 Å². The van der Waals surface area contributed by atoms with E-state index in [4.69, 9.17) is 5.11 Å². The molecule has 1 aliphatic heterocycles. The van der Waals surface area contributed by atoms with Crippen LogP contribution in [0.15, 0.2) is 30.3 Å². The van der Waals surface area contributed by atoms with Gasteiger partial charge in [-0.2, -0.15) is 0 Å². The lowest BCUT2D eigenvalue weighted by atomic mass is 10.3. The van der Waals surface area contributed by atoms with Crippen LogP contribution in [0.1, 0.15) is 0 Å². The Hall–Kier alpha value is -1.64. The maximum Gasteiger partial charge on any atom is 0.246 e. The fourth-order valence-corrected chi connectivity index (χ4v) is 2.85. The summed E-state index contributed by atoms with van der Waals surface area (Å²) in [4.78, 5) is 11.5. The molecule has 0 radical (unpaired) electrons. The van der Waals surface area contributed by atoms with Crippen molar-refractivity contribution in [2.24, 2.45) is 0 Å². The van der Waals surface area contributed by atoms with Gasteiger partial charge >= 0.3 is 0 Å². The molecule has 2 rings (SSSR count). The average molecular weight is 271 g/mol. The van der Waals surface area contributed by atoms with Crippen LogP contribution in [-0.4, -0.2) is 37.6 Å². The molecule has 1 aliphatic rings. The van der Waals surface area contributed by atoms with Crippen LogP contribution in [0.25, 0.3) is 0 Å². The van der Waals surface area contributed by atoms with Crippen molar-refractivity contribution in [1.29, 1.82) is 0 Å². The van der Waals surface area contributed by atoms with Crippen LogP contribution in [0.3, 0.4) is 0 Å². The molecule has 0 bridgehead atoms. The zero-order valence-electron chi connectivity index (χ0n) is 9.33. The van der Waals surface area contributed by atoms with Crippen molar-refractivity contribution < 1.29 is 18.3 Å². The summed E-state index contributed by atoms with van der Waals surface area (Å²) in [6, 6.07) is 8.28. The zero-order chi connectivity index (χ0) is 13.2. The van der Waals surface area contributed by atoms with E-state index in [1.54, 1.807) is 30.3 Å². The number of para-hydroxylation sites is 1. The topological polar surface area (TPSA) is 108 Å². The first-order chi connectivity index (χ1) is 8.49. The molecule has 1 saturated heterocycles. The van der Waals surface area contributed by atoms with Gasteiger partial charge in [0.05, 0.1) is 0 Å². The molecular formula is C10H13N3O4S. The molecule has 98 valence electrons. The number of rotatable bonds is 3. The Balaban J connectivity index is 2.14. The standard InChI is InChI=1S/C10H13N3O4S/c14-9-8(6-11-10(15)12-9)18(16,17)13-7-4-2-1-3-5-7/h1-5,8,10-11,13,15H,6H2,(H,12,14). The number of nitrogens with one attached hydrogen (secondary N) is 3. The number of anilines is 1.